The molecule has 2 aromatic carbocycles. The molecule has 2 nitrogen and oxygen atoms in total. The number of nitrogen functional groups attached to an aromatic ring is 1. The van der Waals surface area contributed by atoms with E-state index in [0.717, 1.165) is 5.56 Å². The van der Waals surface area contributed by atoms with Gasteiger partial charge in [-0.2, -0.15) is 13.2 Å². The summed E-state index contributed by atoms with van der Waals surface area (Å²) in [6.07, 6.45) is -4.48. The first-order valence-corrected chi connectivity index (χ1v) is 5.68. The van der Waals surface area contributed by atoms with Crippen molar-refractivity contribution in [3.63, 3.8) is 0 Å². The molecule has 0 aliphatic rings. The average Bonchev–Trinajstić information content (AvgIpc) is 2.37. The summed E-state index contributed by atoms with van der Waals surface area (Å²) in [6.45, 7) is 0.351. The highest BCUT2D eigenvalue weighted by Gasteiger charge is 2.35. The van der Waals surface area contributed by atoms with Gasteiger partial charge in [0.05, 0.1) is 5.56 Å². The number of hydrogen-bond donors (Lipinski definition) is 2. The predicted molar refractivity (Wildman–Crippen MR) is 69.2 cm³/mol. The van der Waals surface area contributed by atoms with E-state index in [2.05, 4.69) is 0 Å². The van der Waals surface area contributed by atoms with Crippen molar-refractivity contribution in [2.24, 2.45) is 5.73 Å². The molecule has 0 amide bonds. The van der Waals surface area contributed by atoms with Crippen LogP contribution in [0, 0.1) is 0 Å². The Hall–Kier alpha value is -2.01. The van der Waals surface area contributed by atoms with Crippen LogP contribution < -0.4 is 11.5 Å². The van der Waals surface area contributed by atoms with Gasteiger partial charge in [-0.1, -0.05) is 36.4 Å². The molecule has 0 aromatic heterocycles. The zero-order chi connectivity index (χ0) is 14.0. The fourth-order valence-electron chi connectivity index (χ4n) is 1.95. The maximum Gasteiger partial charge on any atom is 0.418 e. The van der Waals surface area contributed by atoms with Crippen LogP contribution in [0.25, 0.3) is 11.1 Å². The molecule has 0 unspecified atom stereocenters. The summed E-state index contributed by atoms with van der Waals surface area (Å²) >= 11 is 0. The van der Waals surface area contributed by atoms with Crippen molar-refractivity contribution >= 4 is 5.69 Å². The van der Waals surface area contributed by atoms with Crippen LogP contribution in [0.3, 0.4) is 0 Å². The molecule has 2 aromatic rings. The average molecular weight is 266 g/mol. The first-order valence-electron chi connectivity index (χ1n) is 5.68. The van der Waals surface area contributed by atoms with Crippen molar-refractivity contribution in [3.8, 4) is 11.1 Å². The number of benzene rings is 2. The summed E-state index contributed by atoms with van der Waals surface area (Å²) in [5.41, 5.74) is 11.3. The monoisotopic (exact) mass is 266 g/mol. The highest BCUT2D eigenvalue weighted by atomic mass is 19.4. The normalized spacial score (nSPS) is 11.6. The lowest BCUT2D eigenvalue weighted by Gasteiger charge is -2.15. The Bertz CT molecular complexity index is 574. The van der Waals surface area contributed by atoms with Crippen LogP contribution in [0.2, 0.25) is 0 Å². The Labute approximate surface area is 108 Å². The Balaban J connectivity index is 2.58. The predicted octanol–water partition coefficient (Wildman–Crippen LogP) is 3.41. The molecule has 100 valence electrons. The molecule has 4 N–H and O–H groups in total. The lowest BCUT2D eigenvalue weighted by Crippen LogP contribution is -2.10. The number of hydrogen-bond acceptors (Lipinski definition) is 2. The number of nitrogens with two attached hydrogens (primary N) is 2. The molecular formula is C14H13F3N2. The minimum atomic E-state index is -4.48. The molecule has 2 rings (SSSR count). The molecule has 19 heavy (non-hydrogen) atoms. The van der Waals surface area contributed by atoms with Crippen molar-refractivity contribution in [2.75, 3.05) is 5.73 Å². The first-order chi connectivity index (χ1) is 8.93. The summed E-state index contributed by atoms with van der Waals surface area (Å²) < 4.78 is 39.1. The van der Waals surface area contributed by atoms with Gasteiger partial charge in [0.2, 0.25) is 0 Å². The Morgan fingerprint density at radius 1 is 0.947 bits per heavy atom. The SMILES string of the molecule is NCc1ccc(-c2cccc(N)c2C(F)(F)F)cc1. The molecule has 0 aliphatic heterocycles. The molecule has 0 saturated carbocycles. The summed E-state index contributed by atoms with van der Waals surface area (Å²) in [5.74, 6) is 0. The highest BCUT2D eigenvalue weighted by Crippen LogP contribution is 2.40. The van der Waals surface area contributed by atoms with Crippen LogP contribution in [0.5, 0.6) is 0 Å². The summed E-state index contributed by atoms with van der Waals surface area (Å²) in [5, 5.41) is 0. The van der Waals surface area contributed by atoms with E-state index in [-0.39, 0.29) is 11.3 Å². The van der Waals surface area contributed by atoms with Crippen LogP contribution in [-0.2, 0) is 12.7 Å². The van der Waals surface area contributed by atoms with Gasteiger partial charge in [0.15, 0.2) is 0 Å². The summed E-state index contributed by atoms with van der Waals surface area (Å²) in [4.78, 5) is 0. The number of alkyl halides is 3. The molecule has 0 atom stereocenters. The van der Waals surface area contributed by atoms with Gasteiger partial charge in [0.25, 0.3) is 0 Å². The zero-order valence-corrected chi connectivity index (χ0v) is 10.0. The maximum atomic E-state index is 13.0. The second kappa shape index (κ2) is 4.93. The minimum absolute atomic E-state index is 0.0797. The van der Waals surface area contributed by atoms with Crippen LogP contribution in [0.15, 0.2) is 42.5 Å². The van der Waals surface area contributed by atoms with Gasteiger partial charge >= 0.3 is 6.18 Å². The lowest BCUT2D eigenvalue weighted by atomic mass is 9.97. The Morgan fingerprint density at radius 2 is 1.58 bits per heavy atom. The zero-order valence-electron chi connectivity index (χ0n) is 10.0. The first kappa shape index (κ1) is 13.4. The molecule has 0 saturated heterocycles. The fraction of sp³-hybridized carbons (Fsp3) is 0.143. The van der Waals surface area contributed by atoms with Crippen molar-refractivity contribution in [2.45, 2.75) is 12.7 Å². The van der Waals surface area contributed by atoms with E-state index in [4.69, 9.17) is 11.5 Å². The van der Waals surface area contributed by atoms with Crippen LogP contribution in [0.1, 0.15) is 11.1 Å². The smallest absolute Gasteiger partial charge is 0.398 e. The van der Waals surface area contributed by atoms with Crippen LogP contribution >= 0.6 is 0 Å². The molecule has 5 heteroatoms. The van der Waals surface area contributed by atoms with Gasteiger partial charge in [-0.15, -0.1) is 0 Å². The van der Waals surface area contributed by atoms with Crippen molar-refractivity contribution in [1.29, 1.82) is 0 Å². The van der Waals surface area contributed by atoms with Crippen LogP contribution in [-0.4, -0.2) is 0 Å². The molecule has 0 bridgehead atoms. The molecule has 0 fully saturated rings. The van der Waals surface area contributed by atoms with Gasteiger partial charge in [-0.25, -0.2) is 0 Å². The maximum absolute atomic E-state index is 13.0. The van der Waals surface area contributed by atoms with E-state index in [1.54, 1.807) is 24.3 Å². The van der Waals surface area contributed by atoms with E-state index in [0.29, 0.717) is 12.1 Å². The summed E-state index contributed by atoms with van der Waals surface area (Å²) in [7, 11) is 0. The van der Waals surface area contributed by atoms with Crippen molar-refractivity contribution < 1.29 is 13.2 Å². The largest absolute Gasteiger partial charge is 0.418 e. The second-order valence-electron chi connectivity index (χ2n) is 4.17. The van der Waals surface area contributed by atoms with E-state index in [1.165, 1.54) is 18.2 Å². The second-order valence-corrected chi connectivity index (χ2v) is 4.17. The van der Waals surface area contributed by atoms with Gasteiger partial charge in [0, 0.05) is 12.2 Å². The molecular weight excluding hydrogens is 253 g/mol. The molecule has 0 heterocycles. The van der Waals surface area contributed by atoms with E-state index in [9.17, 15) is 13.2 Å². The fourth-order valence-corrected chi connectivity index (χ4v) is 1.95. The molecule has 0 spiro atoms. The van der Waals surface area contributed by atoms with Crippen molar-refractivity contribution in [1.82, 2.24) is 0 Å². The number of anilines is 1. The minimum Gasteiger partial charge on any atom is -0.398 e. The van der Waals surface area contributed by atoms with Crippen LogP contribution in [0.4, 0.5) is 18.9 Å². The standard InChI is InChI=1S/C14H13F3N2/c15-14(16,17)13-11(2-1-3-12(13)19)10-6-4-9(8-18)5-7-10/h1-7H,8,18-19H2. The van der Waals surface area contributed by atoms with Crippen molar-refractivity contribution in [3.05, 3.63) is 53.6 Å². The number of halogens is 3. The molecule has 0 radical (unpaired) electrons. The van der Waals surface area contributed by atoms with Gasteiger partial charge < -0.3 is 11.5 Å². The third-order valence-corrected chi connectivity index (χ3v) is 2.88. The van der Waals surface area contributed by atoms with E-state index < -0.39 is 11.7 Å². The quantitative estimate of drug-likeness (QED) is 0.818. The van der Waals surface area contributed by atoms with Gasteiger partial charge in [-0.05, 0) is 22.8 Å². The highest BCUT2D eigenvalue weighted by molar-refractivity contribution is 5.74. The van der Waals surface area contributed by atoms with E-state index >= 15 is 0 Å². The van der Waals surface area contributed by atoms with E-state index in [1.807, 2.05) is 0 Å². The van der Waals surface area contributed by atoms with Gasteiger partial charge in [0.1, 0.15) is 0 Å². The summed E-state index contributed by atoms with van der Waals surface area (Å²) in [6, 6.07) is 10.8. The third kappa shape index (κ3) is 2.71. The van der Waals surface area contributed by atoms with Gasteiger partial charge in [-0.3, -0.25) is 0 Å². The molecule has 0 aliphatic carbocycles. The Morgan fingerprint density at radius 3 is 2.11 bits per heavy atom. The Kier molecular flexibility index (Phi) is 3.48. The third-order valence-electron chi connectivity index (χ3n) is 2.88. The topological polar surface area (TPSA) is 52.0 Å². The lowest BCUT2D eigenvalue weighted by molar-refractivity contribution is -0.136. The number of rotatable bonds is 2.